The summed E-state index contributed by atoms with van der Waals surface area (Å²) in [6, 6.07) is 9.38. The molecule has 8 nitrogen and oxygen atoms in total. The zero-order valence-electron chi connectivity index (χ0n) is 18.2. The molecule has 0 unspecified atom stereocenters. The first kappa shape index (κ1) is 21.1. The second kappa shape index (κ2) is 8.65. The van der Waals surface area contributed by atoms with Crippen LogP contribution in [0.25, 0.3) is 11.4 Å². The Kier molecular flexibility index (Phi) is 5.71. The molecular formula is C24H30N4O4. The fraction of sp³-hybridized carbons (Fsp3) is 0.583. The maximum Gasteiger partial charge on any atom is 0.249 e. The van der Waals surface area contributed by atoms with Crippen LogP contribution in [0.5, 0.6) is 0 Å². The number of aromatic nitrogens is 2. The van der Waals surface area contributed by atoms with Crippen LogP contribution in [0.3, 0.4) is 0 Å². The molecule has 3 fully saturated rings. The third-order valence-electron chi connectivity index (χ3n) is 7.51. The summed E-state index contributed by atoms with van der Waals surface area (Å²) in [6.45, 7) is 0.668. The Morgan fingerprint density at radius 3 is 2.66 bits per heavy atom. The van der Waals surface area contributed by atoms with Gasteiger partial charge in [-0.3, -0.25) is 14.8 Å². The van der Waals surface area contributed by atoms with Crippen molar-refractivity contribution in [3.63, 3.8) is 0 Å². The first-order valence-electron chi connectivity index (χ1n) is 11.7. The molecule has 170 valence electrons. The van der Waals surface area contributed by atoms with Gasteiger partial charge >= 0.3 is 0 Å². The standard InChI is InChI=1S/C24H30N4O4/c29-20(26-31)13-18(12-16-6-4-5-7-16)23(30)28-15-24(10-11-24)14-19(28)22-25-21(27-32-22)17-8-2-1-3-9-17/h1-3,8-9,16,18-19,31H,4-7,10-15H2,(H,26,29)/t18-,19+/m1/s1. The van der Waals surface area contributed by atoms with Crippen molar-refractivity contribution in [2.45, 2.75) is 63.8 Å². The van der Waals surface area contributed by atoms with Gasteiger partial charge < -0.3 is 9.42 Å². The second-order valence-corrected chi connectivity index (χ2v) is 9.83. The van der Waals surface area contributed by atoms with Gasteiger partial charge in [0.05, 0.1) is 0 Å². The minimum atomic E-state index is -0.512. The van der Waals surface area contributed by atoms with E-state index in [1.807, 2.05) is 35.2 Å². The fourth-order valence-electron chi connectivity index (χ4n) is 5.55. The molecule has 1 saturated heterocycles. The van der Waals surface area contributed by atoms with Crippen molar-refractivity contribution in [2.75, 3.05) is 6.54 Å². The number of likely N-dealkylation sites (tertiary alicyclic amines) is 1. The number of hydrogen-bond donors (Lipinski definition) is 2. The molecule has 2 amide bonds. The molecule has 2 heterocycles. The Bertz CT molecular complexity index is 965. The van der Waals surface area contributed by atoms with E-state index in [1.165, 1.54) is 12.8 Å². The summed E-state index contributed by atoms with van der Waals surface area (Å²) < 4.78 is 5.65. The average Bonchev–Trinajstić information content (AvgIpc) is 3.22. The van der Waals surface area contributed by atoms with Crippen molar-refractivity contribution >= 4 is 11.8 Å². The molecule has 0 radical (unpaired) electrons. The normalized spacial score (nSPS) is 22.9. The van der Waals surface area contributed by atoms with Crippen molar-refractivity contribution in [2.24, 2.45) is 17.3 Å². The third kappa shape index (κ3) is 4.28. The van der Waals surface area contributed by atoms with E-state index >= 15 is 0 Å². The fourth-order valence-corrected chi connectivity index (χ4v) is 5.55. The van der Waals surface area contributed by atoms with Crippen LogP contribution in [-0.2, 0) is 9.59 Å². The lowest BCUT2D eigenvalue weighted by atomic mass is 9.89. The van der Waals surface area contributed by atoms with Gasteiger partial charge in [-0.2, -0.15) is 4.98 Å². The molecule has 1 spiro atoms. The summed E-state index contributed by atoms with van der Waals surface area (Å²) in [5, 5.41) is 13.2. The Labute approximate surface area is 187 Å². The van der Waals surface area contributed by atoms with Crippen LogP contribution in [-0.4, -0.2) is 38.6 Å². The summed E-state index contributed by atoms with van der Waals surface area (Å²) >= 11 is 0. The summed E-state index contributed by atoms with van der Waals surface area (Å²) in [4.78, 5) is 32.2. The highest BCUT2D eigenvalue weighted by atomic mass is 16.5. The summed E-state index contributed by atoms with van der Waals surface area (Å²) in [6.07, 6.45) is 8.24. The van der Waals surface area contributed by atoms with Crippen molar-refractivity contribution < 1.29 is 19.3 Å². The first-order chi connectivity index (χ1) is 15.6. The Morgan fingerprint density at radius 1 is 1.22 bits per heavy atom. The van der Waals surface area contributed by atoms with Gasteiger partial charge in [-0.05, 0) is 37.0 Å². The molecule has 1 aromatic carbocycles. The van der Waals surface area contributed by atoms with E-state index in [0.29, 0.717) is 30.6 Å². The monoisotopic (exact) mass is 438 g/mol. The minimum Gasteiger partial charge on any atom is -0.337 e. The van der Waals surface area contributed by atoms with Gasteiger partial charge in [-0.25, -0.2) is 5.48 Å². The molecule has 3 aliphatic rings. The molecule has 2 atom stereocenters. The third-order valence-corrected chi connectivity index (χ3v) is 7.51. The van der Waals surface area contributed by atoms with E-state index in [4.69, 9.17) is 9.73 Å². The first-order valence-corrected chi connectivity index (χ1v) is 11.7. The SMILES string of the molecule is O=C(C[C@@H](CC1CCCC1)C(=O)N1CC2(CC2)C[C@H]1c1nc(-c2ccccc2)no1)NO. The van der Waals surface area contributed by atoms with E-state index < -0.39 is 11.8 Å². The highest BCUT2D eigenvalue weighted by molar-refractivity contribution is 5.86. The van der Waals surface area contributed by atoms with E-state index in [-0.39, 0.29) is 23.8 Å². The number of carbonyl (C=O) groups is 2. The molecule has 2 aliphatic carbocycles. The Hall–Kier alpha value is -2.74. The van der Waals surface area contributed by atoms with Crippen LogP contribution < -0.4 is 5.48 Å². The predicted octanol–water partition coefficient (Wildman–Crippen LogP) is 3.88. The van der Waals surface area contributed by atoms with Gasteiger partial charge in [0, 0.05) is 24.4 Å². The van der Waals surface area contributed by atoms with Crippen LogP contribution in [0.15, 0.2) is 34.9 Å². The largest absolute Gasteiger partial charge is 0.337 e. The summed E-state index contributed by atoms with van der Waals surface area (Å²) in [5.41, 5.74) is 2.72. The average molecular weight is 439 g/mol. The molecule has 1 aliphatic heterocycles. The summed E-state index contributed by atoms with van der Waals surface area (Å²) in [5.74, 6) is 0.452. The number of nitrogens with zero attached hydrogens (tertiary/aromatic N) is 3. The number of amides is 2. The summed E-state index contributed by atoms with van der Waals surface area (Å²) in [7, 11) is 0. The van der Waals surface area contributed by atoms with Crippen LogP contribution in [0, 0.1) is 17.3 Å². The molecule has 8 heteroatoms. The lowest BCUT2D eigenvalue weighted by Crippen LogP contribution is -2.39. The highest BCUT2D eigenvalue weighted by Gasteiger charge is 2.55. The lowest BCUT2D eigenvalue weighted by Gasteiger charge is -2.28. The Morgan fingerprint density at radius 2 is 1.97 bits per heavy atom. The smallest absolute Gasteiger partial charge is 0.249 e. The maximum absolute atomic E-state index is 13.7. The van der Waals surface area contributed by atoms with Crippen LogP contribution in [0.4, 0.5) is 0 Å². The van der Waals surface area contributed by atoms with Crippen LogP contribution >= 0.6 is 0 Å². The zero-order chi connectivity index (χ0) is 22.1. The molecule has 32 heavy (non-hydrogen) atoms. The molecule has 0 bridgehead atoms. The van der Waals surface area contributed by atoms with E-state index in [9.17, 15) is 9.59 Å². The highest BCUT2D eigenvalue weighted by Crippen LogP contribution is 2.58. The van der Waals surface area contributed by atoms with Gasteiger partial charge in [0.15, 0.2) is 0 Å². The van der Waals surface area contributed by atoms with Gasteiger partial charge in [-0.1, -0.05) is 61.2 Å². The zero-order valence-corrected chi connectivity index (χ0v) is 18.2. The number of benzene rings is 1. The quantitative estimate of drug-likeness (QED) is 0.502. The van der Waals surface area contributed by atoms with Gasteiger partial charge in [0.1, 0.15) is 6.04 Å². The van der Waals surface area contributed by atoms with Crippen molar-refractivity contribution in [3.05, 3.63) is 36.2 Å². The van der Waals surface area contributed by atoms with Crippen molar-refractivity contribution in [3.8, 4) is 11.4 Å². The second-order valence-electron chi connectivity index (χ2n) is 9.83. The topological polar surface area (TPSA) is 109 Å². The van der Waals surface area contributed by atoms with Crippen molar-refractivity contribution in [1.82, 2.24) is 20.5 Å². The lowest BCUT2D eigenvalue weighted by molar-refractivity contribution is -0.142. The minimum absolute atomic E-state index is 0.00114. The predicted molar refractivity (Wildman–Crippen MR) is 115 cm³/mol. The number of rotatable bonds is 7. The number of nitrogens with one attached hydrogen (secondary N) is 1. The van der Waals surface area contributed by atoms with Gasteiger partial charge in [0.25, 0.3) is 0 Å². The van der Waals surface area contributed by atoms with Gasteiger partial charge in [-0.15, -0.1) is 0 Å². The number of hydrogen-bond acceptors (Lipinski definition) is 6. The molecule has 2 saturated carbocycles. The van der Waals surface area contributed by atoms with Crippen molar-refractivity contribution in [1.29, 1.82) is 0 Å². The molecule has 2 aromatic rings. The van der Waals surface area contributed by atoms with Crippen LogP contribution in [0.1, 0.15) is 69.7 Å². The molecule has 1 aromatic heterocycles. The van der Waals surface area contributed by atoms with E-state index in [1.54, 1.807) is 5.48 Å². The van der Waals surface area contributed by atoms with E-state index in [2.05, 4.69) is 10.1 Å². The van der Waals surface area contributed by atoms with E-state index in [0.717, 1.165) is 37.7 Å². The Balaban J connectivity index is 1.38. The molecular weight excluding hydrogens is 408 g/mol. The van der Waals surface area contributed by atoms with Crippen LogP contribution in [0.2, 0.25) is 0 Å². The maximum atomic E-state index is 13.7. The van der Waals surface area contributed by atoms with Gasteiger partial charge in [0.2, 0.25) is 23.5 Å². The molecule has 2 N–H and O–H groups in total. The number of hydroxylamine groups is 1. The number of carbonyl (C=O) groups excluding carboxylic acids is 2. The molecule has 5 rings (SSSR count).